The lowest BCUT2D eigenvalue weighted by molar-refractivity contribution is -0.155. The van der Waals surface area contributed by atoms with Crippen LogP contribution in [0.1, 0.15) is 55.6 Å². The molecular weight excluding hydrogens is 592 g/mol. The fourth-order valence-corrected chi connectivity index (χ4v) is 5.86. The molecule has 45 heavy (non-hydrogen) atoms. The molecule has 2 amide bonds. The standard InChI is InChI=1S/C34H39ClN6O4/c1-23(2)29(32(43)40-18-17-34(44,33(3,4)21-40)27-13-15-28(35)16-14-27)36-31(42)26-12-8-11-25(19-26)30-37-39-41(38-30)22-45-20-24-9-6-5-7-10-24/h5-16,19,23,29,44H,17-18,20-22H2,1-4H3,(H,36,42). The van der Waals surface area contributed by atoms with Crippen LogP contribution in [0.5, 0.6) is 0 Å². The number of likely N-dealkylation sites (tertiary alicyclic amines) is 1. The summed E-state index contributed by atoms with van der Waals surface area (Å²) in [5, 5.41) is 27.9. The maximum absolute atomic E-state index is 13.8. The molecule has 3 aromatic carbocycles. The van der Waals surface area contributed by atoms with Gasteiger partial charge in [0.1, 0.15) is 6.04 Å². The van der Waals surface area contributed by atoms with Crippen molar-refractivity contribution in [1.82, 2.24) is 30.4 Å². The molecule has 0 bridgehead atoms. The van der Waals surface area contributed by atoms with Crippen LogP contribution in [-0.2, 0) is 28.5 Å². The summed E-state index contributed by atoms with van der Waals surface area (Å²) >= 11 is 6.07. The van der Waals surface area contributed by atoms with Crippen LogP contribution in [0.15, 0.2) is 78.9 Å². The van der Waals surface area contributed by atoms with Gasteiger partial charge in [0, 0.05) is 34.7 Å². The molecule has 2 unspecified atom stereocenters. The van der Waals surface area contributed by atoms with Crippen molar-refractivity contribution in [3.63, 3.8) is 0 Å². The number of tetrazole rings is 1. The van der Waals surface area contributed by atoms with E-state index in [0.29, 0.717) is 48.1 Å². The average Bonchev–Trinajstić information content (AvgIpc) is 3.50. The Hall–Kier alpha value is -4.12. The fourth-order valence-electron chi connectivity index (χ4n) is 5.74. The zero-order chi connectivity index (χ0) is 32.2. The van der Waals surface area contributed by atoms with Crippen molar-refractivity contribution in [1.29, 1.82) is 0 Å². The number of amides is 2. The first-order valence-electron chi connectivity index (χ1n) is 15.0. The van der Waals surface area contributed by atoms with Crippen LogP contribution in [0.25, 0.3) is 11.4 Å². The van der Waals surface area contributed by atoms with Crippen LogP contribution < -0.4 is 5.32 Å². The number of nitrogens with zero attached hydrogens (tertiary/aromatic N) is 5. The van der Waals surface area contributed by atoms with Crippen molar-refractivity contribution >= 4 is 23.4 Å². The first kappa shape index (κ1) is 32.3. The van der Waals surface area contributed by atoms with E-state index in [-0.39, 0.29) is 24.5 Å². The maximum Gasteiger partial charge on any atom is 0.251 e. The summed E-state index contributed by atoms with van der Waals surface area (Å²) in [5.41, 5.74) is 1.02. The number of piperidine rings is 1. The van der Waals surface area contributed by atoms with Crippen LogP contribution in [-0.4, -0.2) is 61.2 Å². The number of hydrogen-bond acceptors (Lipinski definition) is 7. The highest BCUT2D eigenvalue weighted by Gasteiger charge is 2.50. The SMILES string of the molecule is CC(C)C(NC(=O)c1cccc(-c2nnn(COCc3ccccc3)n2)c1)C(=O)N1CCC(O)(c2ccc(Cl)cc2)C(C)(C)C1. The van der Waals surface area contributed by atoms with E-state index >= 15 is 0 Å². The molecule has 10 nitrogen and oxygen atoms in total. The zero-order valence-corrected chi connectivity index (χ0v) is 26.7. The van der Waals surface area contributed by atoms with E-state index in [1.54, 1.807) is 41.3 Å². The third-order valence-corrected chi connectivity index (χ3v) is 8.71. The van der Waals surface area contributed by atoms with E-state index in [4.69, 9.17) is 16.3 Å². The molecule has 0 radical (unpaired) electrons. The van der Waals surface area contributed by atoms with E-state index < -0.39 is 17.1 Å². The average molecular weight is 631 g/mol. The van der Waals surface area contributed by atoms with Gasteiger partial charge in [-0.2, -0.15) is 0 Å². The Morgan fingerprint density at radius 1 is 1.04 bits per heavy atom. The quantitative estimate of drug-likeness (QED) is 0.251. The minimum atomic E-state index is -1.13. The minimum Gasteiger partial charge on any atom is -0.384 e. The molecule has 5 rings (SSSR count). The Morgan fingerprint density at radius 2 is 1.78 bits per heavy atom. The van der Waals surface area contributed by atoms with Gasteiger partial charge in [-0.15, -0.1) is 15.0 Å². The van der Waals surface area contributed by atoms with E-state index in [1.165, 1.54) is 4.80 Å². The van der Waals surface area contributed by atoms with Crippen LogP contribution in [0.4, 0.5) is 0 Å². The molecule has 2 heterocycles. The molecule has 0 saturated carbocycles. The lowest BCUT2D eigenvalue weighted by atomic mass is 9.66. The molecule has 2 atom stereocenters. The number of ether oxygens (including phenoxy) is 1. The summed E-state index contributed by atoms with van der Waals surface area (Å²) in [6.07, 6.45) is 0.360. The Morgan fingerprint density at radius 3 is 2.47 bits per heavy atom. The van der Waals surface area contributed by atoms with Gasteiger partial charge in [-0.1, -0.05) is 93.9 Å². The molecule has 1 fully saturated rings. The molecule has 1 saturated heterocycles. The van der Waals surface area contributed by atoms with Gasteiger partial charge in [0.2, 0.25) is 11.7 Å². The number of halogens is 1. The number of carbonyl (C=O) groups excluding carboxylic acids is 2. The summed E-state index contributed by atoms with van der Waals surface area (Å²) in [4.78, 5) is 30.4. The fraction of sp³-hybridized carbons (Fsp3) is 0.382. The topological polar surface area (TPSA) is 122 Å². The Kier molecular flexibility index (Phi) is 9.67. The normalized spacial score (nSPS) is 18.5. The number of nitrogens with one attached hydrogen (secondary N) is 1. The van der Waals surface area contributed by atoms with E-state index in [1.807, 2.05) is 70.2 Å². The summed E-state index contributed by atoms with van der Waals surface area (Å²) < 4.78 is 5.69. The van der Waals surface area contributed by atoms with Crippen molar-refractivity contribution < 1.29 is 19.4 Å². The van der Waals surface area contributed by atoms with Crippen molar-refractivity contribution in [2.75, 3.05) is 13.1 Å². The number of aromatic nitrogens is 4. The van der Waals surface area contributed by atoms with Gasteiger partial charge in [-0.25, -0.2) is 0 Å². The van der Waals surface area contributed by atoms with Gasteiger partial charge in [-0.05, 0) is 52.9 Å². The minimum absolute atomic E-state index is 0.130. The van der Waals surface area contributed by atoms with Crippen molar-refractivity contribution in [2.45, 2.75) is 59.1 Å². The smallest absolute Gasteiger partial charge is 0.251 e. The first-order chi connectivity index (χ1) is 21.5. The van der Waals surface area contributed by atoms with E-state index in [9.17, 15) is 14.7 Å². The Balaban J connectivity index is 1.23. The van der Waals surface area contributed by atoms with Gasteiger partial charge in [0.05, 0.1) is 12.2 Å². The maximum atomic E-state index is 13.8. The number of carbonyl (C=O) groups is 2. The Bertz CT molecular complexity index is 1630. The number of aliphatic hydroxyl groups is 1. The zero-order valence-electron chi connectivity index (χ0n) is 26.0. The van der Waals surface area contributed by atoms with Crippen LogP contribution in [0.3, 0.4) is 0 Å². The molecule has 0 aliphatic carbocycles. The van der Waals surface area contributed by atoms with Crippen LogP contribution in [0.2, 0.25) is 5.02 Å². The molecule has 1 aromatic heterocycles. The lowest BCUT2D eigenvalue weighted by Gasteiger charge is -2.51. The third-order valence-electron chi connectivity index (χ3n) is 8.46. The molecule has 4 aromatic rings. The predicted octanol–water partition coefficient (Wildman–Crippen LogP) is 5.07. The van der Waals surface area contributed by atoms with Crippen LogP contribution in [0, 0.1) is 11.3 Å². The highest BCUT2D eigenvalue weighted by molar-refractivity contribution is 6.30. The molecule has 1 aliphatic rings. The molecule has 11 heteroatoms. The largest absolute Gasteiger partial charge is 0.384 e. The van der Waals surface area contributed by atoms with Crippen molar-refractivity contribution in [3.05, 3.63) is 101 Å². The van der Waals surface area contributed by atoms with Gasteiger partial charge < -0.3 is 20.1 Å². The molecule has 2 N–H and O–H groups in total. The third kappa shape index (κ3) is 7.24. The summed E-state index contributed by atoms with van der Waals surface area (Å²) in [7, 11) is 0. The summed E-state index contributed by atoms with van der Waals surface area (Å²) in [6.45, 7) is 8.94. The molecule has 236 valence electrons. The lowest BCUT2D eigenvalue weighted by Crippen LogP contribution is -2.60. The second-order valence-corrected chi connectivity index (χ2v) is 12.9. The number of hydrogen-bond donors (Lipinski definition) is 2. The molecular formula is C34H39ClN6O4. The van der Waals surface area contributed by atoms with Gasteiger partial charge in [0.15, 0.2) is 6.73 Å². The summed E-state index contributed by atoms with van der Waals surface area (Å²) in [6, 6.07) is 23.2. The second-order valence-electron chi connectivity index (χ2n) is 12.5. The highest BCUT2D eigenvalue weighted by Crippen LogP contribution is 2.46. The van der Waals surface area contributed by atoms with Gasteiger partial charge in [0.25, 0.3) is 5.91 Å². The number of rotatable bonds is 10. The van der Waals surface area contributed by atoms with Gasteiger partial charge >= 0.3 is 0 Å². The van der Waals surface area contributed by atoms with Crippen molar-refractivity contribution in [3.8, 4) is 11.4 Å². The van der Waals surface area contributed by atoms with E-state index in [0.717, 1.165) is 11.1 Å². The van der Waals surface area contributed by atoms with Gasteiger partial charge in [-0.3, -0.25) is 9.59 Å². The highest BCUT2D eigenvalue weighted by atomic mass is 35.5. The number of benzene rings is 3. The first-order valence-corrected chi connectivity index (χ1v) is 15.4. The van der Waals surface area contributed by atoms with E-state index in [2.05, 4.69) is 20.7 Å². The van der Waals surface area contributed by atoms with Crippen LogP contribution >= 0.6 is 11.6 Å². The molecule has 0 spiro atoms. The second kappa shape index (κ2) is 13.5. The molecule has 1 aliphatic heterocycles. The monoisotopic (exact) mass is 630 g/mol. The Labute approximate surface area is 268 Å². The van der Waals surface area contributed by atoms with Crippen molar-refractivity contribution in [2.24, 2.45) is 11.3 Å². The predicted molar refractivity (Wildman–Crippen MR) is 171 cm³/mol. The summed E-state index contributed by atoms with van der Waals surface area (Å²) in [5.74, 6) is -0.368.